The van der Waals surface area contributed by atoms with Crippen LogP contribution in [0.4, 0.5) is 0 Å². The first-order chi connectivity index (χ1) is 11.6. The van der Waals surface area contributed by atoms with Crippen molar-refractivity contribution in [2.75, 3.05) is 26.2 Å². The Morgan fingerprint density at radius 3 is 2.83 bits per heavy atom. The van der Waals surface area contributed by atoms with Gasteiger partial charge in [0.25, 0.3) is 0 Å². The Balaban J connectivity index is 1.65. The topological polar surface area (TPSA) is 41.6 Å². The number of amides is 1. The summed E-state index contributed by atoms with van der Waals surface area (Å²) in [7, 11) is 0. The van der Waals surface area contributed by atoms with Crippen molar-refractivity contribution in [2.45, 2.75) is 45.6 Å². The Bertz CT molecular complexity index is 534. The van der Waals surface area contributed by atoms with E-state index in [-0.39, 0.29) is 12.0 Å². The molecule has 1 aliphatic heterocycles. The minimum absolute atomic E-state index is 0.0358. The Kier molecular flexibility index (Phi) is 7.83. The van der Waals surface area contributed by atoms with Crippen LogP contribution >= 0.6 is 0 Å². The van der Waals surface area contributed by atoms with Crippen molar-refractivity contribution in [2.24, 2.45) is 0 Å². The molecule has 1 aliphatic rings. The van der Waals surface area contributed by atoms with E-state index in [1.807, 2.05) is 44.2 Å². The van der Waals surface area contributed by atoms with Crippen molar-refractivity contribution < 1.29 is 9.53 Å². The molecule has 0 saturated carbocycles. The number of nitrogens with zero attached hydrogens (tertiary/aromatic N) is 1. The minimum Gasteiger partial charge on any atom is -0.491 e. The molecular weight excluding hydrogens is 300 g/mol. The van der Waals surface area contributed by atoms with Gasteiger partial charge in [0.15, 0.2) is 0 Å². The molecule has 0 radical (unpaired) electrons. The fraction of sp³-hybridized carbons (Fsp3) is 0.550. The van der Waals surface area contributed by atoms with E-state index in [0.29, 0.717) is 0 Å². The molecule has 24 heavy (non-hydrogen) atoms. The van der Waals surface area contributed by atoms with E-state index < -0.39 is 0 Å². The second-order valence-electron chi connectivity index (χ2n) is 6.62. The molecule has 1 fully saturated rings. The molecule has 4 nitrogen and oxygen atoms in total. The summed E-state index contributed by atoms with van der Waals surface area (Å²) in [4.78, 5) is 14.4. The average Bonchev–Trinajstić information content (AvgIpc) is 3.06. The van der Waals surface area contributed by atoms with Crippen molar-refractivity contribution in [1.29, 1.82) is 0 Å². The highest BCUT2D eigenvalue weighted by molar-refractivity contribution is 5.91. The van der Waals surface area contributed by atoms with Gasteiger partial charge in [0.2, 0.25) is 5.91 Å². The third kappa shape index (κ3) is 7.18. The summed E-state index contributed by atoms with van der Waals surface area (Å²) in [5.74, 6) is 0.792. The van der Waals surface area contributed by atoms with Crippen LogP contribution < -0.4 is 10.1 Å². The fourth-order valence-corrected chi connectivity index (χ4v) is 2.87. The molecular formula is C20H30N2O2. The molecule has 0 aliphatic carbocycles. The minimum atomic E-state index is -0.0358. The van der Waals surface area contributed by atoms with Crippen LogP contribution in [0, 0.1) is 0 Å². The van der Waals surface area contributed by atoms with Gasteiger partial charge >= 0.3 is 0 Å². The van der Waals surface area contributed by atoms with E-state index >= 15 is 0 Å². The predicted molar refractivity (Wildman–Crippen MR) is 99.2 cm³/mol. The standard InChI is InChI=1S/C20H30N2O2/c1-17(2)24-19-9-7-8-18(16-19)10-11-20(23)21-12-3-4-13-22-14-5-6-15-22/h7-11,16-17H,3-6,12-15H2,1-2H3,(H,21,23)/b11-10+. The summed E-state index contributed by atoms with van der Waals surface area (Å²) in [6.07, 6.45) is 8.43. The Morgan fingerprint density at radius 2 is 2.08 bits per heavy atom. The summed E-state index contributed by atoms with van der Waals surface area (Å²) in [6, 6.07) is 7.78. The highest BCUT2D eigenvalue weighted by Crippen LogP contribution is 2.15. The van der Waals surface area contributed by atoms with Crippen molar-refractivity contribution in [3.05, 3.63) is 35.9 Å². The van der Waals surface area contributed by atoms with Crippen molar-refractivity contribution >= 4 is 12.0 Å². The van der Waals surface area contributed by atoms with Crippen molar-refractivity contribution in [3.8, 4) is 5.75 Å². The lowest BCUT2D eigenvalue weighted by Gasteiger charge is -2.13. The zero-order valence-electron chi connectivity index (χ0n) is 15.0. The SMILES string of the molecule is CC(C)Oc1cccc(/C=C/C(=O)NCCCCN2CCCC2)c1. The van der Waals surface area contributed by atoms with Gasteiger partial charge in [-0.05, 0) is 82.9 Å². The lowest BCUT2D eigenvalue weighted by molar-refractivity contribution is -0.116. The maximum atomic E-state index is 11.9. The van der Waals surface area contributed by atoms with Crippen molar-refractivity contribution in [3.63, 3.8) is 0 Å². The molecule has 0 aromatic heterocycles. The van der Waals surface area contributed by atoms with Crippen LogP contribution in [0.2, 0.25) is 0 Å². The molecule has 1 saturated heterocycles. The summed E-state index contributed by atoms with van der Waals surface area (Å²) < 4.78 is 5.66. The molecule has 1 N–H and O–H groups in total. The predicted octanol–water partition coefficient (Wildman–Crippen LogP) is 3.48. The number of nitrogens with one attached hydrogen (secondary N) is 1. The van der Waals surface area contributed by atoms with E-state index in [1.54, 1.807) is 6.08 Å². The summed E-state index contributed by atoms with van der Waals surface area (Å²) in [5.41, 5.74) is 0.970. The van der Waals surface area contributed by atoms with E-state index in [4.69, 9.17) is 4.74 Å². The zero-order valence-corrected chi connectivity index (χ0v) is 15.0. The number of carbonyl (C=O) groups is 1. The van der Waals surface area contributed by atoms with Crippen LogP contribution in [-0.2, 0) is 4.79 Å². The Morgan fingerprint density at radius 1 is 1.29 bits per heavy atom. The summed E-state index contributed by atoms with van der Waals surface area (Å²) in [6.45, 7) is 8.39. The number of likely N-dealkylation sites (tertiary alicyclic amines) is 1. The number of benzene rings is 1. The molecule has 2 rings (SSSR count). The molecule has 4 heteroatoms. The second kappa shape index (κ2) is 10.1. The molecule has 0 unspecified atom stereocenters. The van der Waals surface area contributed by atoms with Gasteiger partial charge in [0, 0.05) is 12.6 Å². The van der Waals surface area contributed by atoms with Gasteiger partial charge in [0.05, 0.1) is 6.10 Å². The van der Waals surface area contributed by atoms with Gasteiger partial charge in [-0.15, -0.1) is 0 Å². The van der Waals surface area contributed by atoms with Gasteiger partial charge in [-0.3, -0.25) is 4.79 Å². The highest BCUT2D eigenvalue weighted by Gasteiger charge is 2.09. The lowest BCUT2D eigenvalue weighted by atomic mass is 10.2. The number of hydrogen-bond donors (Lipinski definition) is 1. The number of hydrogen-bond acceptors (Lipinski definition) is 3. The molecule has 0 atom stereocenters. The Labute approximate surface area is 145 Å². The van der Waals surface area contributed by atoms with Gasteiger partial charge in [-0.1, -0.05) is 12.1 Å². The Hall–Kier alpha value is -1.81. The third-order valence-electron chi connectivity index (χ3n) is 4.06. The molecule has 1 aromatic rings. The molecule has 1 aromatic carbocycles. The third-order valence-corrected chi connectivity index (χ3v) is 4.06. The largest absolute Gasteiger partial charge is 0.491 e. The van der Waals surface area contributed by atoms with E-state index in [2.05, 4.69) is 10.2 Å². The van der Waals surface area contributed by atoms with Crippen LogP contribution in [0.15, 0.2) is 30.3 Å². The number of unbranched alkanes of at least 4 members (excludes halogenated alkanes) is 1. The number of carbonyl (C=O) groups excluding carboxylic acids is 1. The smallest absolute Gasteiger partial charge is 0.243 e. The summed E-state index contributed by atoms with van der Waals surface area (Å²) in [5, 5.41) is 2.95. The van der Waals surface area contributed by atoms with E-state index in [1.165, 1.54) is 25.9 Å². The lowest BCUT2D eigenvalue weighted by Crippen LogP contribution is -2.24. The highest BCUT2D eigenvalue weighted by atomic mass is 16.5. The van der Waals surface area contributed by atoms with Crippen LogP contribution in [0.3, 0.4) is 0 Å². The number of ether oxygens (including phenoxy) is 1. The van der Waals surface area contributed by atoms with Gasteiger partial charge in [0.1, 0.15) is 5.75 Å². The van der Waals surface area contributed by atoms with Crippen LogP contribution in [0.1, 0.15) is 45.1 Å². The quantitative estimate of drug-likeness (QED) is 0.557. The molecule has 0 bridgehead atoms. The average molecular weight is 330 g/mol. The first-order valence-corrected chi connectivity index (χ1v) is 9.08. The molecule has 132 valence electrons. The maximum Gasteiger partial charge on any atom is 0.243 e. The second-order valence-corrected chi connectivity index (χ2v) is 6.62. The first-order valence-electron chi connectivity index (χ1n) is 9.08. The molecule has 0 spiro atoms. The molecule has 1 amide bonds. The van der Waals surface area contributed by atoms with Gasteiger partial charge in [-0.2, -0.15) is 0 Å². The number of rotatable bonds is 9. The monoisotopic (exact) mass is 330 g/mol. The van der Waals surface area contributed by atoms with Gasteiger partial charge in [-0.25, -0.2) is 0 Å². The zero-order chi connectivity index (χ0) is 17.2. The summed E-state index contributed by atoms with van der Waals surface area (Å²) >= 11 is 0. The van der Waals surface area contributed by atoms with E-state index in [9.17, 15) is 4.79 Å². The molecule has 1 heterocycles. The first kappa shape index (κ1) is 18.5. The van der Waals surface area contributed by atoms with Crippen LogP contribution in [0.25, 0.3) is 6.08 Å². The van der Waals surface area contributed by atoms with E-state index in [0.717, 1.165) is 37.2 Å². The normalized spacial score (nSPS) is 15.3. The van der Waals surface area contributed by atoms with Crippen LogP contribution in [0.5, 0.6) is 5.75 Å². The fourth-order valence-electron chi connectivity index (χ4n) is 2.87. The van der Waals surface area contributed by atoms with Gasteiger partial charge < -0.3 is 15.0 Å². The maximum absolute atomic E-state index is 11.9. The van der Waals surface area contributed by atoms with Crippen LogP contribution in [-0.4, -0.2) is 43.1 Å². The van der Waals surface area contributed by atoms with Crippen molar-refractivity contribution in [1.82, 2.24) is 10.2 Å².